The van der Waals surface area contributed by atoms with E-state index >= 15 is 0 Å². The zero-order valence-corrected chi connectivity index (χ0v) is 15.2. The molecule has 0 spiro atoms. The summed E-state index contributed by atoms with van der Waals surface area (Å²) in [6.07, 6.45) is 4.60. The number of halogens is 2. The zero-order valence-electron chi connectivity index (χ0n) is 12.1. The molecule has 0 fully saturated rings. The second-order valence-corrected chi connectivity index (χ2v) is 6.46. The van der Waals surface area contributed by atoms with Crippen LogP contribution in [0.4, 0.5) is 0 Å². The summed E-state index contributed by atoms with van der Waals surface area (Å²) < 4.78 is 7.78. The van der Waals surface area contributed by atoms with E-state index in [-0.39, 0.29) is 6.04 Å². The van der Waals surface area contributed by atoms with Crippen LogP contribution in [0.2, 0.25) is 0 Å². The molecular formula is C16H18Br2N2O. The van der Waals surface area contributed by atoms with E-state index < -0.39 is 0 Å². The van der Waals surface area contributed by atoms with Gasteiger partial charge in [-0.2, -0.15) is 0 Å². The van der Waals surface area contributed by atoms with Gasteiger partial charge in [0.1, 0.15) is 5.75 Å². The van der Waals surface area contributed by atoms with Crippen molar-refractivity contribution in [3.63, 3.8) is 0 Å². The van der Waals surface area contributed by atoms with Crippen molar-refractivity contribution in [3.8, 4) is 5.75 Å². The van der Waals surface area contributed by atoms with Crippen LogP contribution >= 0.6 is 31.9 Å². The third-order valence-corrected chi connectivity index (χ3v) is 4.31. The van der Waals surface area contributed by atoms with E-state index in [9.17, 15) is 0 Å². The van der Waals surface area contributed by atoms with Crippen molar-refractivity contribution in [3.05, 3.63) is 56.7 Å². The van der Waals surface area contributed by atoms with Gasteiger partial charge in [0, 0.05) is 15.1 Å². The first-order valence-electron chi connectivity index (χ1n) is 6.85. The van der Waals surface area contributed by atoms with Crippen molar-refractivity contribution in [1.82, 2.24) is 10.3 Å². The van der Waals surface area contributed by atoms with E-state index in [4.69, 9.17) is 4.74 Å². The summed E-state index contributed by atoms with van der Waals surface area (Å²) in [6.45, 7) is 2.79. The number of nitrogens with one attached hydrogen (secondary N) is 1. The molecule has 3 nitrogen and oxygen atoms in total. The quantitative estimate of drug-likeness (QED) is 0.744. The summed E-state index contributed by atoms with van der Waals surface area (Å²) >= 11 is 7.14. The van der Waals surface area contributed by atoms with Gasteiger partial charge < -0.3 is 10.1 Å². The van der Waals surface area contributed by atoms with Crippen LogP contribution in [0, 0.1) is 0 Å². The molecule has 0 aliphatic heterocycles. The molecule has 21 heavy (non-hydrogen) atoms. The number of ether oxygens (including phenoxy) is 1. The number of rotatable bonds is 6. The fourth-order valence-corrected chi connectivity index (χ4v) is 2.98. The van der Waals surface area contributed by atoms with Gasteiger partial charge in [0.05, 0.1) is 18.8 Å². The lowest BCUT2D eigenvalue weighted by atomic mass is 10.0. The highest BCUT2D eigenvalue weighted by Gasteiger charge is 2.16. The molecule has 2 rings (SSSR count). The number of benzene rings is 1. The SMILES string of the molecule is CCCOc1cncc(C(NC)c2cc(Br)ccc2Br)c1. The van der Waals surface area contributed by atoms with Crippen LogP contribution in [-0.4, -0.2) is 18.6 Å². The summed E-state index contributed by atoms with van der Waals surface area (Å²) in [5.41, 5.74) is 2.23. The maximum atomic E-state index is 5.67. The van der Waals surface area contributed by atoms with Crippen molar-refractivity contribution in [2.24, 2.45) is 0 Å². The van der Waals surface area contributed by atoms with E-state index in [0.717, 1.165) is 32.2 Å². The van der Waals surface area contributed by atoms with Gasteiger partial charge in [-0.3, -0.25) is 4.98 Å². The van der Waals surface area contributed by atoms with Gasteiger partial charge in [-0.05, 0) is 48.9 Å². The Balaban J connectivity index is 2.34. The normalized spacial score (nSPS) is 12.2. The van der Waals surface area contributed by atoms with Crippen LogP contribution in [0.5, 0.6) is 5.75 Å². The Labute approximate surface area is 142 Å². The Morgan fingerprint density at radius 1 is 1.24 bits per heavy atom. The van der Waals surface area contributed by atoms with E-state index in [0.29, 0.717) is 6.61 Å². The lowest BCUT2D eigenvalue weighted by Crippen LogP contribution is -2.18. The highest BCUT2D eigenvalue weighted by atomic mass is 79.9. The molecule has 0 saturated carbocycles. The van der Waals surface area contributed by atoms with Crippen molar-refractivity contribution in [1.29, 1.82) is 0 Å². The van der Waals surface area contributed by atoms with Gasteiger partial charge in [-0.1, -0.05) is 38.8 Å². The Morgan fingerprint density at radius 2 is 2.05 bits per heavy atom. The number of hydrogen-bond acceptors (Lipinski definition) is 3. The summed E-state index contributed by atoms with van der Waals surface area (Å²) in [4.78, 5) is 4.29. The molecule has 0 aliphatic rings. The van der Waals surface area contributed by atoms with Crippen LogP contribution in [-0.2, 0) is 0 Å². The molecule has 0 aliphatic carbocycles. The van der Waals surface area contributed by atoms with E-state index in [1.165, 1.54) is 0 Å². The molecule has 1 heterocycles. The van der Waals surface area contributed by atoms with Gasteiger partial charge in [0.15, 0.2) is 0 Å². The highest BCUT2D eigenvalue weighted by molar-refractivity contribution is 9.11. The van der Waals surface area contributed by atoms with Crippen LogP contribution in [0.3, 0.4) is 0 Å². The van der Waals surface area contributed by atoms with Gasteiger partial charge in [-0.25, -0.2) is 0 Å². The molecule has 1 atom stereocenters. The largest absolute Gasteiger partial charge is 0.492 e. The standard InChI is InChI=1S/C16H18Br2N2O/c1-3-6-21-13-7-11(9-20-10-13)16(19-2)14-8-12(17)4-5-15(14)18/h4-5,7-10,16,19H,3,6H2,1-2H3. The monoisotopic (exact) mass is 412 g/mol. The number of pyridine rings is 1. The van der Waals surface area contributed by atoms with Crippen molar-refractivity contribution < 1.29 is 4.74 Å². The van der Waals surface area contributed by atoms with Crippen LogP contribution in [0.1, 0.15) is 30.5 Å². The molecule has 1 aromatic heterocycles. The molecule has 5 heteroatoms. The Bertz CT molecular complexity index is 605. The van der Waals surface area contributed by atoms with E-state index in [2.05, 4.69) is 55.2 Å². The zero-order chi connectivity index (χ0) is 15.2. The van der Waals surface area contributed by atoms with Crippen LogP contribution in [0.25, 0.3) is 0 Å². The summed E-state index contributed by atoms with van der Waals surface area (Å²) in [5, 5.41) is 3.34. The molecule has 0 amide bonds. The van der Waals surface area contributed by atoms with Crippen molar-refractivity contribution in [2.45, 2.75) is 19.4 Å². The van der Waals surface area contributed by atoms with Gasteiger partial charge >= 0.3 is 0 Å². The number of aromatic nitrogens is 1. The average Bonchev–Trinajstić information content (AvgIpc) is 2.50. The molecule has 0 bridgehead atoms. The van der Waals surface area contributed by atoms with E-state index in [1.54, 1.807) is 6.20 Å². The second kappa shape index (κ2) is 7.92. The summed E-state index contributed by atoms with van der Waals surface area (Å²) in [6, 6.07) is 8.24. The minimum atomic E-state index is 0.0505. The molecule has 0 radical (unpaired) electrons. The van der Waals surface area contributed by atoms with Gasteiger partial charge in [-0.15, -0.1) is 0 Å². The fraction of sp³-hybridized carbons (Fsp3) is 0.312. The number of hydrogen-bond donors (Lipinski definition) is 1. The average molecular weight is 414 g/mol. The minimum Gasteiger partial charge on any atom is -0.492 e. The maximum absolute atomic E-state index is 5.67. The molecule has 1 unspecified atom stereocenters. The first kappa shape index (κ1) is 16.5. The van der Waals surface area contributed by atoms with Gasteiger partial charge in [0.25, 0.3) is 0 Å². The summed E-state index contributed by atoms with van der Waals surface area (Å²) in [5.74, 6) is 0.806. The third-order valence-electron chi connectivity index (χ3n) is 3.10. The first-order valence-corrected chi connectivity index (χ1v) is 8.44. The highest BCUT2D eigenvalue weighted by Crippen LogP contribution is 2.31. The van der Waals surface area contributed by atoms with Crippen molar-refractivity contribution in [2.75, 3.05) is 13.7 Å². The summed E-state index contributed by atoms with van der Waals surface area (Å²) in [7, 11) is 1.94. The van der Waals surface area contributed by atoms with Gasteiger partial charge in [0.2, 0.25) is 0 Å². The Morgan fingerprint density at radius 3 is 2.76 bits per heavy atom. The van der Waals surface area contributed by atoms with E-state index in [1.807, 2.05) is 31.4 Å². The fourth-order valence-electron chi connectivity index (χ4n) is 2.13. The minimum absolute atomic E-state index is 0.0505. The molecule has 112 valence electrons. The van der Waals surface area contributed by atoms with Crippen molar-refractivity contribution >= 4 is 31.9 Å². The number of nitrogens with zero attached hydrogens (tertiary/aromatic N) is 1. The smallest absolute Gasteiger partial charge is 0.137 e. The third kappa shape index (κ3) is 4.28. The molecule has 1 N–H and O–H groups in total. The lowest BCUT2D eigenvalue weighted by molar-refractivity contribution is 0.315. The molecule has 2 aromatic rings. The Kier molecular flexibility index (Phi) is 6.21. The predicted molar refractivity (Wildman–Crippen MR) is 92.8 cm³/mol. The molecule has 1 aromatic carbocycles. The van der Waals surface area contributed by atoms with Crippen LogP contribution in [0.15, 0.2) is 45.6 Å². The first-order chi connectivity index (χ1) is 10.2. The molecular weight excluding hydrogens is 396 g/mol. The topological polar surface area (TPSA) is 34.1 Å². The maximum Gasteiger partial charge on any atom is 0.137 e. The van der Waals surface area contributed by atoms with Crippen LogP contribution < -0.4 is 10.1 Å². The Hall–Kier alpha value is -0.910. The lowest BCUT2D eigenvalue weighted by Gasteiger charge is -2.19. The molecule has 0 saturated heterocycles. The second-order valence-electron chi connectivity index (χ2n) is 4.69. The predicted octanol–water partition coefficient (Wildman–Crippen LogP) is 4.70.